The van der Waals surface area contributed by atoms with Gasteiger partial charge in [-0.2, -0.15) is 0 Å². The number of nitrogens with zero attached hydrogens (tertiary/aromatic N) is 2. The molecule has 2 N–H and O–H groups in total. The number of aryl methyl sites for hydroxylation is 1. The number of fused-ring (bicyclic) bond motifs is 9. The molecule has 1 aliphatic heterocycles. The number of thiophene rings is 2. The first-order valence-corrected chi connectivity index (χ1v) is 21.3. The van der Waals surface area contributed by atoms with Gasteiger partial charge in [0.15, 0.2) is 0 Å². The van der Waals surface area contributed by atoms with Gasteiger partial charge in [-0.05, 0) is 71.0 Å². The highest BCUT2D eigenvalue weighted by Crippen LogP contribution is 2.45. The van der Waals surface area contributed by atoms with Crippen LogP contribution in [-0.4, -0.2) is 10.4 Å². The van der Waals surface area contributed by atoms with Crippen LogP contribution >= 0.6 is 22.7 Å². The van der Waals surface area contributed by atoms with Gasteiger partial charge in [0.25, 0.3) is 0 Å². The van der Waals surface area contributed by atoms with Crippen LogP contribution in [0.5, 0.6) is 0 Å². The predicted molar refractivity (Wildman–Crippen MR) is 243 cm³/mol. The first kappa shape index (κ1) is 32.9. The molecule has 3 aromatic heterocycles. The summed E-state index contributed by atoms with van der Waals surface area (Å²) in [4.78, 5) is 5.22. The summed E-state index contributed by atoms with van der Waals surface area (Å²) < 4.78 is 7.73. The van der Waals surface area contributed by atoms with Crippen LogP contribution in [0, 0.1) is 0 Å². The lowest BCUT2D eigenvalue weighted by molar-refractivity contribution is 0.409. The molecule has 10 aromatic rings. The zero-order valence-corrected chi connectivity index (χ0v) is 32.6. The minimum atomic E-state index is -0.202. The molecule has 0 bridgehead atoms. The highest BCUT2D eigenvalue weighted by molar-refractivity contribution is 7.27. The first-order valence-electron chi connectivity index (χ1n) is 19.7. The minimum absolute atomic E-state index is 0.0710. The molecule has 0 saturated heterocycles. The van der Waals surface area contributed by atoms with Crippen molar-refractivity contribution < 1.29 is 0 Å². The summed E-state index contributed by atoms with van der Waals surface area (Å²) >= 11 is 3.80. The second-order valence-corrected chi connectivity index (χ2v) is 17.2. The second-order valence-electron chi connectivity index (χ2n) is 15.1. The van der Waals surface area contributed by atoms with Gasteiger partial charge in [-0.15, -0.1) is 22.7 Å². The number of nitrogens with one attached hydrogen (secondary N) is 2. The van der Waals surface area contributed by atoms with Crippen LogP contribution < -0.4 is 10.6 Å². The molecule has 0 fully saturated rings. The second kappa shape index (κ2) is 13.1. The van der Waals surface area contributed by atoms with E-state index in [2.05, 4.69) is 179 Å². The number of aromatic nitrogens is 1. The largest absolute Gasteiger partial charge is 0.350 e. The number of benzene rings is 7. The Morgan fingerprint density at radius 3 is 2.18 bits per heavy atom. The van der Waals surface area contributed by atoms with Crippen LogP contribution in [0.15, 0.2) is 169 Å². The van der Waals surface area contributed by atoms with Crippen molar-refractivity contribution in [2.24, 2.45) is 4.99 Å². The molecule has 0 saturated carbocycles. The van der Waals surface area contributed by atoms with Crippen LogP contribution in [0.2, 0.25) is 0 Å². The van der Waals surface area contributed by atoms with Crippen molar-refractivity contribution in [2.75, 3.05) is 0 Å². The van der Waals surface area contributed by atoms with Crippen LogP contribution in [0.25, 0.3) is 74.1 Å². The molecule has 57 heavy (non-hydrogen) atoms. The molecule has 272 valence electrons. The third-order valence-corrected chi connectivity index (χ3v) is 14.2. The molecular formula is C51H36N4S2. The lowest BCUT2D eigenvalue weighted by atomic mass is 10.0. The van der Waals surface area contributed by atoms with E-state index >= 15 is 0 Å². The predicted octanol–water partition coefficient (Wildman–Crippen LogP) is 13.3. The van der Waals surface area contributed by atoms with E-state index in [1.54, 1.807) is 0 Å². The van der Waals surface area contributed by atoms with Crippen LogP contribution in [-0.2, 0) is 6.42 Å². The van der Waals surface area contributed by atoms with Crippen molar-refractivity contribution >= 4 is 85.8 Å². The average molecular weight is 769 g/mol. The van der Waals surface area contributed by atoms with E-state index in [-0.39, 0.29) is 12.3 Å². The highest BCUT2D eigenvalue weighted by atomic mass is 32.1. The van der Waals surface area contributed by atoms with Crippen LogP contribution in [0.4, 0.5) is 0 Å². The Kier molecular flexibility index (Phi) is 7.58. The van der Waals surface area contributed by atoms with Crippen molar-refractivity contribution in [1.82, 2.24) is 15.2 Å². The topological polar surface area (TPSA) is 41.4 Å². The third-order valence-electron chi connectivity index (χ3n) is 11.8. The Morgan fingerprint density at radius 2 is 1.30 bits per heavy atom. The number of allylic oxidation sites excluding steroid dienone is 1. The van der Waals surface area contributed by atoms with E-state index in [4.69, 9.17) is 4.99 Å². The maximum absolute atomic E-state index is 5.22. The fraction of sp³-hybridized carbons (Fsp3) is 0.0784. The van der Waals surface area contributed by atoms with E-state index in [0.717, 1.165) is 29.8 Å². The van der Waals surface area contributed by atoms with Gasteiger partial charge < -0.3 is 9.88 Å². The van der Waals surface area contributed by atoms with Gasteiger partial charge >= 0.3 is 0 Å². The molecule has 1 aliphatic carbocycles. The van der Waals surface area contributed by atoms with Gasteiger partial charge in [0.1, 0.15) is 18.2 Å². The standard InChI is InChI=1S/C51H36N4S2/c1-3-13-31(14-4-1)49-52-50(32-15-5-2-6-16-32)54-51(53-49)34-26-28-38-40-20-11-19-35(47(40)56-46(38)30-34)33-25-27-39-41-21-12-24-44(48(41)57-45(39)29-33)55-42-22-9-7-17-36(42)37-18-8-10-23-43(37)55/h1-7,9-17,19-30,49,51,53H,8,18H2,(H,52,54). The van der Waals surface area contributed by atoms with Crippen molar-refractivity contribution in [2.45, 2.75) is 25.2 Å². The normalized spacial score (nSPS) is 16.7. The number of para-hydroxylation sites is 1. The molecule has 6 heteroatoms. The Balaban J connectivity index is 0.952. The number of rotatable bonds is 5. The number of aliphatic imine (C=N–C) groups is 1. The molecule has 7 aromatic carbocycles. The zero-order chi connectivity index (χ0) is 37.5. The smallest absolute Gasteiger partial charge is 0.131 e. The molecule has 4 heterocycles. The maximum Gasteiger partial charge on any atom is 0.131 e. The SMILES string of the molecule is C1=Cc2c(c3ccccc3n2-c2cccc3c2sc2cc(-c4cccc5c4sc4cc(C6N=C(c7ccccc7)NC(c7ccccc7)N6)ccc45)ccc23)CC1. The Bertz CT molecular complexity index is 3260. The Labute approximate surface area is 338 Å². The van der Waals surface area contributed by atoms with E-state index in [0.29, 0.717) is 0 Å². The molecule has 2 atom stereocenters. The van der Waals surface area contributed by atoms with Gasteiger partial charge in [0.2, 0.25) is 0 Å². The van der Waals surface area contributed by atoms with Crippen molar-refractivity contribution in [3.63, 3.8) is 0 Å². The maximum atomic E-state index is 5.22. The molecule has 0 radical (unpaired) electrons. The molecule has 0 spiro atoms. The average Bonchev–Trinajstić information content (AvgIpc) is 3.96. The van der Waals surface area contributed by atoms with E-state index in [1.165, 1.54) is 84.9 Å². The summed E-state index contributed by atoms with van der Waals surface area (Å²) in [6, 6.07) is 57.5. The van der Waals surface area contributed by atoms with Crippen molar-refractivity contribution in [1.29, 1.82) is 0 Å². The van der Waals surface area contributed by atoms with Crippen molar-refractivity contribution in [3.05, 3.63) is 192 Å². The van der Waals surface area contributed by atoms with Gasteiger partial charge in [0, 0.05) is 52.3 Å². The van der Waals surface area contributed by atoms with Crippen LogP contribution in [0.3, 0.4) is 0 Å². The summed E-state index contributed by atoms with van der Waals surface area (Å²) in [7, 11) is 0. The number of hydrogen-bond acceptors (Lipinski definition) is 5. The van der Waals surface area contributed by atoms with Gasteiger partial charge in [-0.25, -0.2) is 4.99 Å². The summed E-state index contributed by atoms with van der Waals surface area (Å²) in [5.41, 5.74) is 11.3. The lowest BCUT2D eigenvalue weighted by Gasteiger charge is -2.32. The van der Waals surface area contributed by atoms with Gasteiger partial charge in [0.05, 0.1) is 15.9 Å². The molecule has 12 rings (SSSR count). The molecular weight excluding hydrogens is 733 g/mol. The molecule has 4 nitrogen and oxygen atoms in total. The van der Waals surface area contributed by atoms with E-state index in [9.17, 15) is 0 Å². The number of amidine groups is 1. The minimum Gasteiger partial charge on any atom is -0.350 e. The Morgan fingerprint density at radius 1 is 0.579 bits per heavy atom. The summed E-state index contributed by atoms with van der Waals surface area (Å²) in [5, 5.41) is 14.0. The van der Waals surface area contributed by atoms with Crippen molar-refractivity contribution in [3.8, 4) is 16.8 Å². The summed E-state index contributed by atoms with van der Waals surface area (Å²) in [6.07, 6.45) is 6.57. The summed E-state index contributed by atoms with van der Waals surface area (Å²) in [6.45, 7) is 0. The quantitative estimate of drug-likeness (QED) is 0.183. The third kappa shape index (κ3) is 5.32. The summed E-state index contributed by atoms with van der Waals surface area (Å²) in [5.74, 6) is 0.897. The zero-order valence-electron chi connectivity index (χ0n) is 30.9. The number of hydrogen-bond donors (Lipinski definition) is 2. The highest BCUT2D eigenvalue weighted by Gasteiger charge is 2.26. The van der Waals surface area contributed by atoms with E-state index < -0.39 is 0 Å². The fourth-order valence-electron chi connectivity index (χ4n) is 9.08. The lowest BCUT2D eigenvalue weighted by Crippen LogP contribution is -2.44. The fourth-order valence-corrected chi connectivity index (χ4v) is 11.6. The Hall–Kier alpha value is -6.31. The van der Waals surface area contributed by atoms with Gasteiger partial charge in [-0.1, -0.05) is 140 Å². The van der Waals surface area contributed by atoms with E-state index in [1.807, 2.05) is 28.7 Å². The molecule has 0 amide bonds. The van der Waals surface area contributed by atoms with Gasteiger partial charge in [-0.3, -0.25) is 5.32 Å². The van der Waals surface area contributed by atoms with Crippen LogP contribution in [0.1, 0.15) is 46.7 Å². The molecule has 2 unspecified atom stereocenters. The monoisotopic (exact) mass is 768 g/mol. The molecule has 2 aliphatic rings. The first-order chi connectivity index (χ1) is 28.2.